The molecule has 106 valence electrons. The van der Waals surface area contributed by atoms with Crippen LogP contribution in [0.5, 0.6) is 0 Å². The van der Waals surface area contributed by atoms with Crippen molar-refractivity contribution in [3.8, 4) is 0 Å². The van der Waals surface area contributed by atoms with Crippen molar-refractivity contribution < 1.29 is 0 Å². The van der Waals surface area contributed by atoms with Crippen molar-refractivity contribution in [2.75, 3.05) is 26.7 Å². The molecule has 0 spiro atoms. The van der Waals surface area contributed by atoms with Gasteiger partial charge in [-0.2, -0.15) is 0 Å². The highest BCUT2D eigenvalue weighted by Gasteiger charge is 2.25. The van der Waals surface area contributed by atoms with Gasteiger partial charge >= 0.3 is 0 Å². The van der Waals surface area contributed by atoms with Gasteiger partial charge in [0.25, 0.3) is 0 Å². The number of likely N-dealkylation sites (N-methyl/N-ethyl adjacent to an activating group) is 1. The van der Waals surface area contributed by atoms with Gasteiger partial charge in [-0.25, -0.2) is 0 Å². The topological polar surface area (TPSA) is 27.3 Å². The first-order valence-electron chi connectivity index (χ1n) is 7.92. The van der Waals surface area contributed by atoms with E-state index in [-0.39, 0.29) is 0 Å². The minimum atomic E-state index is 0.646. The molecule has 0 aromatic rings. The molecule has 1 heterocycles. The monoisotopic (exact) mass is 253 g/mol. The van der Waals surface area contributed by atoms with Gasteiger partial charge in [0.15, 0.2) is 0 Å². The maximum atomic E-state index is 3.69. The molecule has 2 rings (SSSR count). The Balaban J connectivity index is 1.54. The SMILES string of the molecule is CC(CC1CCCCCN1)NCCN(C)C1CC1. The molecule has 2 atom stereocenters. The molecule has 0 radical (unpaired) electrons. The molecule has 0 amide bonds. The predicted octanol–water partition coefficient (Wildman–Crippen LogP) is 1.98. The second kappa shape index (κ2) is 7.46. The van der Waals surface area contributed by atoms with Crippen LogP contribution in [0.2, 0.25) is 0 Å². The highest BCUT2D eigenvalue weighted by molar-refractivity contribution is 4.83. The highest BCUT2D eigenvalue weighted by Crippen LogP contribution is 2.24. The van der Waals surface area contributed by atoms with Crippen LogP contribution in [0.4, 0.5) is 0 Å². The first kappa shape index (κ1) is 14.3. The van der Waals surface area contributed by atoms with Gasteiger partial charge in [0, 0.05) is 31.2 Å². The van der Waals surface area contributed by atoms with Crippen molar-refractivity contribution >= 4 is 0 Å². The summed E-state index contributed by atoms with van der Waals surface area (Å²) in [6.07, 6.45) is 9.67. The van der Waals surface area contributed by atoms with Crippen molar-refractivity contribution in [3.05, 3.63) is 0 Å². The fourth-order valence-corrected chi connectivity index (χ4v) is 3.00. The van der Waals surface area contributed by atoms with Crippen LogP contribution in [0, 0.1) is 0 Å². The molecule has 2 aliphatic rings. The van der Waals surface area contributed by atoms with E-state index in [0.717, 1.165) is 18.6 Å². The largest absolute Gasteiger partial charge is 0.314 e. The second-order valence-electron chi connectivity index (χ2n) is 6.30. The number of nitrogens with one attached hydrogen (secondary N) is 2. The Bertz CT molecular complexity index is 220. The summed E-state index contributed by atoms with van der Waals surface area (Å²) in [7, 11) is 2.26. The molecule has 2 fully saturated rings. The molecule has 1 aliphatic heterocycles. The van der Waals surface area contributed by atoms with Crippen molar-refractivity contribution in [3.63, 3.8) is 0 Å². The van der Waals surface area contributed by atoms with Crippen LogP contribution < -0.4 is 10.6 Å². The highest BCUT2D eigenvalue weighted by atomic mass is 15.2. The van der Waals surface area contributed by atoms with Crippen LogP contribution in [0.25, 0.3) is 0 Å². The lowest BCUT2D eigenvalue weighted by Crippen LogP contribution is -2.39. The summed E-state index contributed by atoms with van der Waals surface area (Å²) in [5.41, 5.74) is 0. The Kier molecular flexibility index (Phi) is 5.93. The van der Waals surface area contributed by atoms with Gasteiger partial charge in [0.1, 0.15) is 0 Å². The lowest BCUT2D eigenvalue weighted by atomic mass is 10.0. The lowest BCUT2D eigenvalue weighted by Gasteiger charge is -2.23. The number of nitrogens with zero attached hydrogens (tertiary/aromatic N) is 1. The molecule has 2 N–H and O–H groups in total. The van der Waals surface area contributed by atoms with Gasteiger partial charge in [0.2, 0.25) is 0 Å². The van der Waals surface area contributed by atoms with Crippen molar-refractivity contribution in [1.82, 2.24) is 15.5 Å². The maximum absolute atomic E-state index is 3.69. The number of hydrogen-bond acceptors (Lipinski definition) is 3. The smallest absolute Gasteiger partial charge is 0.0107 e. The third-order valence-electron chi connectivity index (χ3n) is 4.43. The van der Waals surface area contributed by atoms with E-state index in [9.17, 15) is 0 Å². The molecular weight excluding hydrogens is 222 g/mol. The minimum Gasteiger partial charge on any atom is -0.314 e. The first-order chi connectivity index (χ1) is 8.75. The number of rotatable bonds is 7. The van der Waals surface area contributed by atoms with E-state index in [2.05, 4.69) is 29.5 Å². The van der Waals surface area contributed by atoms with Gasteiger partial charge in [-0.05, 0) is 52.6 Å². The standard InChI is InChI=1S/C15H31N3/c1-13(12-14-6-4-3-5-9-17-14)16-10-11-18(2)15-7-8-15/h13-17H,3-12H2,1-2H3. The van der Waals surface area contributed by atoms with Crippen LogP contribution >= 0.6 is 0 Å². The predicted molar refractivity (Wildman–Crippen MR) is 78.0 cm³/mol. The van der Waals surface area contributed by atoms with Gasteiger partial charge in [-0.3, -0.25) is 0 Å². The first-order valence-corrected chi connectivity index (χ1v) is 7.92. The van der Waals surface area contributed by atoms with Crippen molar-refractivity contribution in [2.24, 2.45) is 0 Å². The van der Waals surface area contributed by atoms with E-state index in [0.29, 0.717) is 6.04 Å². The van der Waals surface area contributed by atoms with E-state index in [1.165, 1.54) is 58.0 Å². The van der Waals surface area contributed by atoms with Crippen LogP contribution in [0.1, 0.15) is 51.9 Å². The molecule has 0 aromatic heterocycles. The molecule has 1 aliphatic carbocycles. The fraction of sp³-hybridized carbons (Fsp3) is 1.00. The molecular formula is C15H31N3. The quantitative estimate of drug-likeness (QED) is 0.726. The minimum absolute atomic E-state index is 0.646. The third kappa shape index (κ3) is 5.25. The van der Waals surface area contributed by atoms with Gasteiger partial charge in [-0.15, -0.1) is 0 Å². The second-order valence-corrected chi connectivity index (χ2v) is 6.30. The van der Waals surface area contributed by atoms with Crippen molar-refractivity contribution in [2.45, 2.75) is 70.0 Å². The summed E-state index contributed by atoms with van der Waals surface area (Å²) in [6, 6.07) is 2.29. The Hall–Kier alpha value is -0.120. The molecule has 2 unspecified atom stereocenters. The van der Waals surface area contributed by atoms with E-state index >= 15 is 0 Å². The normalized spacial score (nSPS) is 27.2. The summed E-state index contributed by atoms with van der Waals surface area (Å²) in [5.74, 6) is 0. The van der Waals surface area contributed by atoms with E-state index in [1.807, 2.05) is 0 Å². The van der Waals surface area contributed by atoms with Gasteiger partial charge < -0.3 is 15.5 Å². The number of hydrogen-bond donors (Lipinski definition) is 2. The molecule has 1 saturated heterocycles. The molecule has 3 heteroatoms. The molecule has 0 bridgehead atoms. The fourth-order valence-electron chi connectivity index (χ4n) is 3.00. The summed E-state index contributed by atoms with van der Waals surface area (Å²) in [5, 5.41) is 7.37. The van der Waals surface area contributed by atoms with Crippen LogP contribution in [-0.2, 0) is 0 Å². The van der Waals surface area contributed by atoms with E-state index in [1.54, 1.807) is 0 Å². The summed E-state index contributed by atoms with van der Waals surface area (Å²) >= 11 is 0. The molecule has 18 heavy (non-hydrogen) atoms. The van der Waals surface area contributed by atoms with E-state index in [4.69, 9.17) is 0 Å². The maximum Gasteiger partial charge on any atom is 0.0107 e. The Morgan fingerprint density at radius 1 is 1.22 bits per heavy atom. The van der Waals surface area contributed by atoms with E-state index < -0.39 is 0 Å². The van der Waals surface area contributed by atoms with Gasteiger partial charge in [0.05, 0.1) is 0 Å². The zero-order chi connectivity index (χ0) is 12.8. The average Bonchev–Trinajstić information content (AvgIpc) is 3.16. The Labute approximate surface area is 113 Å². The summed E-state index contributed by atoms with van der Waals surface area (Å²) in [6.45, 7) is 5.90. The van der Waals surface area contributed by atoms with Crippen LogP contribution in [0.3, 0.4) is 0 Å². The lowest BCUT2D eigenvalue weighted by molar-refractivity contribution is 0.309. The third-order valence-corrected chi connectivity index (χ3v) is 4.43. The van der Waals surface area contributed by atoms with Crippen LogP contribution in [0.15, 0.2) is 0 Å². The summed E-state index contributed by atoms with van der Waals surface area (Å²) < 4.78 is 0. The zero-order valence-corrected chi connectivity index (χ0v) is 12.3. The Morgan fingerprint density at radius 3 is 2.83 bits per heavy atom. The Morgan fingerprint density at radius 2 is 2.06 bits per heavy atom. The zero-order valence-electron chi connectivity index (χ0n) is 12.3. The van der Waals surface area contributed by atoms with Gasteiger partial charge in [-0.1, -0.05) is 12.8 Å². The average molecular weight is 253 g/mol. The van der Waals surface area contributed by atoms with Crippen molar-refractivity contribution in [1.29, 1.82) is 0 Å². The molecule has 3 nitrogen and oxygen atoms in total. The molecule has 0 aromatic carbocycles. The van der Waals surface area contributed by atoms with Crippen LogP contribution in [-0.4, -0.2) is 49.7 Å². The summed E-state index contributed by atoms with van der Waals surface area (Å²) in [4.78, 5) is 2.50. The molecule has 1 saturated carbocycles.